The van der Waals surface area contributed by atoms with Crippen LogP contribution >= 0.6 is 0 Å². The van der Waals surface area contributed by atoms with E-state index in [1.807, 2.05) is 0 Å². The van der Waals surface area contributed by atoms with E-state index < -0.39 is 29.4 Å². The molecule has 0 bridgehead atoms. The molecule has 0 fully saturated rings. The maximum absolute atomic E-state index is 12.9. The highest BCUT2D eigenvalue weighted by Gasteiger charge is 2.31. The lowest BCUT2D eigenvalue weighted by atomic mass is 10.1. The summed E-state index contributed by atoms with van der Waals surface area (Å²) in [7, 11) is 0. The van der Waals surface area contributed by atoms with Crippen LogP contribution in [0, 0.1) is 0 Å². The van der Waals surface area contributed by atoms with Gasteiger partial charge in [0.2, 0.25) is 0 Å². The molecule has 0 atom stereocenters. The van der Waals surface area contributed by atoms with E-state index in [4.69, 9.17) is 0 Å². The van der Waals surface area contributed by atoms with Gasteiger partial charge >= 0.3 is 12.5 Å². The van der Waals surface area contributed by atoms with Crippen molar-refractivity contribution in [2.24, 2.45) is 0 Å². The van der Waals surface area contributed by atoms with Crippen molar-refractivity contribution in [3.63, 3.8) is 0 Å². The number of aromatic amines is 1. The summed E-state index contributed by atoms with van der Waals surface area (Å²) in [4.78, 5) is 16.5. The number of pyridine rings is 1. The van der Waals surface area contributed by atoms with Gasteiger partial charge in [-0.2, -0.15) is 13.2 Å². The molecular formula is C18H9F6N3O2. The predicted molar refractivity (Wildman–Crippen MR) is 90.9 cm³/mol. The van der Waals surface area contributed by atoms with Crippen molar-refractivity contribution >= 4 is 21.8 Å². The van der Waals surface area contributed by atoms with Gasteiger partial charge < -0.3 is 4.74 Å². The maximum atomic E-state index is 12.9. The summed E-state index contributed by atoms with van der Waals surface area (Å²) in [6.07, 6.45) is -8.24. The largest absolute Gasteiger partial charge is 0.573 e. The molecule has 0 saturated carbocycles. The molecule has 4 aromatic rings. The Kier molecular flexibility index (Phi) is 4.07. The molecule has 150 valence electrons. The molecule has 0 aliphatic carbocycles. The number of aromatic nitrogens is 3. The second-order valence-electron chi connectivity index (χ2n) is 6.07. The maximum Gasteiger partial charge on any atom is 0.573 e. The highest BCUT2D eigenvalue weighted by Crippen LogP contribution is 2.32. The minimum absolute atomic E-state index is 0.0367. The summed E-state index contributed by atoms with van der Waals surface area (Å²) in [6.45, 7) is 0. The van der Waals surface area contributed by atoms with Gasteiger partial charge in [0, 0.05) is 11.6 Å². The number of halogens is 6. The van der Waals surface area contributed by atoms with E-state index >= 15 is 0 Å². The Labute approximate surface area is 157 Å². The molecule has 11 heteroatoms. The number of hydrogen-bond donors (Lipinski definition) is 1. The normalized spacial score (nSPS) is 12.6. The van der Waals surface area contributed by atoms with Crippen molar-refractivity contribution < 1.29 is 31.1 Å². The second kappa shape index (κ2) is 6.26. The average molecular weight is 413 g/mol. The number of nitrogens with zero attached hydrogens (tertiary/aromatic N) is 2. The van der Waals surface area contributed by atoms with Crippen LogP contribution in [0.2, 0.25) is 0 Å². The Hall–Kier alpha value is -3.50. The lowest BCUT2D eigenvalue weighted by Crippen LogP contribution is -2.17. The van der Waals surface area contributed by atoms with Gasteiger partial charge in [0.1, 0.15) is 5.75 Å². The SMILES string of the molecule is O=c1c2cnc3cc(C(F)(F)F)ccc3c2[nH]n1-c1ccc(OC(F)(F)F)cc1. The van der Waals surface area contributed by atoms with Crippen LogP contribution in [0.4, 0.5) is 26.3 Å². The molecule has 1 N–H and O–H groups in total. The van der Waals surface area contributed by atoms with Gasteiger partial charge in [0.15, 0.2) is 0 Å². The minimum Gasteiger partial charge on any atom is -0.406 e. The van der Waals surface area contributed by atoms with E-state index in [0.29, 0.717) is 5.39 Å². The number of alkyl halides is 6. The fourth-order valence-electron chi connectivity index (χ4n) is 2.91. The smallest absolute Gasteiger partial charge is 0.406 e. The second-order valence-corrected chi connectivity index (χ2v) is 6.07. The molecule has 0 aliphatic heterocycles. The summed E-state index contributed by atoms with van der Waals surface area (Å²) in [5.41, 5.74) is -0.933. The van der Waals surface area contributed by atoms with E-state index in [1.54, 1.807) is 0 Å². The first-order valence-corrected chi connectivity index (χ1v) is 8.00. The third-order valence-electron chi connectivity index (χ3n) is 4.18. The lowest BCUT2D eigenvalue weighted by molar-refractivity contribution is -0.274. The zero-order valence-corrected chi connectivity index (χ0v) is 14.1. The molecule has 0 aliphatic rings. The molecule has 29 heavy (non-hydrogen) atoms. The molecule has 4 rings (SSSR count). The Morgan fingerprint density at radius 2 is 1.62 bits per heavy atom. The average Bonchev–Trinajstić information content (AvgIpc) is 2.97. The summed E-state index contributed by atoms with van der Waals surface area (Å²) in [5, 5.41) is 3.18. The Morgan fingerprint density at radius 3 is 2.24 bits per heavy atom. The van der Waals surface area contributed by atoms with Gasteiger partial charge in [-0.1, -0.05) is 6.07 Å². The highest BCUT2D eigenvalue weighted by molar-refractivity contribution is 6.02. The monoisotopic (exact) mass is 413 g/mol. The molecule has 0 radical (unpaired) electrons. The topological polar surface area (TPSA) is 59.9 Å². The van der Waals surface area contributed by atoms with Crippen LogP contribution in [0.15, 0.2) is 53.5 Å². The number of hydrogen-bond acceptors (Lipinski definition) is 3. The van der Waals surface area contributed by atoms with E-state index in [2.05, 4.69) is 14.8 Å². The number of fused-ring (bicyclic) bond motifs is 3. The minimum atomic E-state index is -4.85. The zero-order chi connectivity index (χ0) is 21.0. The Morgan fingerprint density at radius 1 is 0.931 bits per heavy atom. The first-order chi connectivity index (χ1) is 13.5. The summed E-state index contributed by atoms with van der Waals surface area (Å²) >= 11 is 0. The van der Waals surface area contributed by atoms with Crippen LogP contribution in [0.25, 0.3) is 27.5 Å². The molecule has 2 aromatic carbocycles. The van der Waals surface area contributed by atoms with Crippen LogP contribution in [0.1, 0.15) is 5.56 Å². The molecule has 0 spiro atoms. The van der Waals surface area contributed by atoms with Gasteiger partial charge in [0.25, 0.3) is 5.56 Å². The van der Waals surface area contributed by atoms with Gasteiger partial charge in [0.05, 0.1) is 27.7 Å². The fourth-order valence-corrected chi connectivity index (χ4v) is 2.91. The van der Waals surface area contributed by atoms with Crippen LogP contribution in [-0.2, 0) is 6.18 Å². The van der Waals surface area contributed by atoms with Crippen molar-refractivity contribution in [3.8, 4) is 11.4 Å². The molecule has 2 heterocycles. The first kappa shape index (κ1) is 18.8. The van der Waals surface area contributed by atoms with Crippen LogP contribution < -0.4 is 10.3 Å². The van der Waals surface area contributed by atoms with Crippen molar-refractivity contribution in [2.45, 2.75) is 12.5 Å². The number of ether oxygens (including phenoxy) is 1. The summed E-state index contributed by atoms with van der Waals surface area (Å²) in [6, 6.07) is 7.48. The molecule has 2 aromatic heterocycles. The number of benzene rings is 2. The zero-order valence-electron chi connectivity index (χ0n) is 14.1. The summed E-state index contributed by atoms with van der Waals surface area (Å²) in [5.74, 6) is -0.461. The van der Waals surface area contributed by atoms with Gasteiger partial charge in [-0.05, 0) is 36.4 Å². The number of H-pyrrole nitrogens is 1. The molecule has 0 saturated heterocycles. The quantitative estimate of drug-likeness (QED) is 0.481. The van der Waals surface area contributed by atoms with Gasteiger partial charge in [-0.3, -0.25) is 14.9 Å². The van der Waals surface area contributed by atoms with Crippen LogP contribution in [-0.4, -0.2) is 21.1 Å². The highest BCUT2D eigenvalue weighted by atomic mass is 19.4. The van der Waals surface area contributed by atoms with E-state index in [0.717, 1.165) is 35.1 Å². The number of nitrogens with one attached hydrogen (secondary N) is 1. The van der Waals surface area contributed by atoms with Crippen molar-refractivity contribution in [1.82, 2.24) is 14.8 Å². The van der Waals surface area contributed by atoms with E-state index in [1.165, 1.54) is 18.2 Å². The van der Waals surface area contributed by atoms with Crippen LogP contribution in [0.3, 0.4) is 0 Å². The molecule has 0 amide bonds. The molecule has 5 nitrogen and oxygen atoms in total. The third kappa shape index (κ3) is 3.50. The fraction of sp³-hybridized carbons (Fsp3) is 0.111. The Bertz CT molecular complexity index is 1270. The third-order valence-corrected chi connectivity index (χ3v) is 4.18. The van der Waals surface area contributed by atoms with Crippen LogP contribution in [0.5, 0.6) is 5.75 Å². The molecular weight excluding hydrogens is 404 g/mol. The summed E-state index contributed by atoms with van der Waals surface area (Å²) < 4.78 is 80.3. The van der Waals surface area contributed by atoms with Gasteiger partial charge in [-0.15, -0.1) is 13.2 Å². The lowest BCUT2D eigenvalue weighted by Gasteiger charge is -2.09. The Balaban J connectivity index is 1.81. The first-order valence-electron chi connectivity index (χ1n) is 8.00. The van der Waals surface area contributed by atoms with Gasteiger partial charge in [-0.25, -0.2) is 4.68 Å². The standard InChI is InChI=1S/C18H9F6N3O2/c19-17(20,21)9-1-6-12-14(7-9)25-8-13-15(12)26-27(16(13)28)10-2-4-11(5-3-10)29-18(22,23)24/h1-8,26H. The predicted octanol–water partition coefficient (Wildman–Crippen LogP) is 4.78. The van der Waals surface area contributed by atoms with E-state index in [-0.39, 0.29) is 22.1 Å². The van der Waals surface area contributed by atoms with Crippen molar-refractivity contribution in [2.75, 3.05) is 0 Å². The molecule has 0 unspecified atom stereocenters. The van der Waals surface area contributed by atoms with Crippen molar-refractivity contribution in [3.05, 3.63) is 64.6 Å². The van der Waals surface area contributed by atoms with Crippen molar-refractivity contribution in [1.29, 1.82) is 0 Å². The number of rotatable bonds is 2. The van der Waals surface area contributed by atoms with E-state index in [9.17, 15) is 31.1 Å².